The Kier molecular flexibility index (Phi) is 6.35. The number of likely N-dealkylation sites (N-methyl/N-ethyl adjacent to an activating group) is 1. The number of quaternary nitrogens is 1. The lowest BCUT2D eigenvalue weighted by atomic mass is 9.87. The number of fused-ring (bicyclic) bond motifs is 1. The van der Waals surface area contributed by atoms with E-state index in [-0.39, 0.29) is 6.04 Å². The van der Waals surface area contributed by atoms with Crippen molar-refractivity contribution >= 4 is 27.4 Å². The molecule has 1 fully saturated rings. The Balaban J connectivity index is 1.59. The van der Waals surface area contributed by atoms with Gasteiger partial charge in [-0.3, -0.25) is 4.90 Å². The summed E-state index contributed by atoms with van der Waals surface area (Å²) in [6, 6.07) is 4.23. The molecule has 0 aliphatic carbocycles. The van der Waals surface area contributed by atoms with E-state index in [4.69, 9.17) is 4.74 Å². The Morgan fingerprint density at radius 3 is 2.91 bits per heavy atom. The van der Waals surface area contributed by atoms with Crippen LogP contribution < -0.4 is 0 Å². The zero-order chi connectivity index (χ0) is 22.9. The quantitative estimate of drug-likeness (QED) is 0.523. The summed E-state index contributed by atoms with van der Waals surface area (Å²) in [5, 5.41) is 17.9. The third-order valence-corrected chi connectivity index (χ3v) is 7.12. The van der Waals surface area contributed by atoms with E-state index in [1.807, 2.05) is 30.1 Å². The smallest absolute Gasteiger partial charge is 0.337 e. The molecular formula is C23H32N5O3S+. The molecule has 3 aromatic heterocycles. The molecule has 0 unspecified atom stereocenters. The summed E-state index contributed by atoms with van der Waals surface area (Å²) in [5.41, 5.74) is -0.165. The van der Waals surface area contributed by atoms with Crippen molar-refractivity contribution in [3.8, 4) is 5.82 Å². The van der Waals surface area contributed by atoms with Crippen LogP contribution in [0.4, 0.5) is 0 Å². The summed E-state index contributed by atoms with van der Waals surface area (Å²) in [6.45, 7) is 4.23. The van der Waals surface area contributed by atoms with Crippen molar-refractivity contribution in [2.45, 2.75) is 38.0 Å². The number of nitrogens with zero attached hydrogens (tertiary/aromatic N) is 5. The van der Waals surface area contributed by atoms with E-state index in [9.17, 15) is 9.90 Å². The summed E-state index contributed by atoms with van der Waals surface area (Å²) < 4.78 is 9.61. The number of thiophene rings is 1. The van der Waals surface area contributed by atoms with Crippen LogP contribution >= 0.6 is 11.3 Å². The number of carbonyl (C=O) groups is 1. The summed E-state index contributed by atoms with van der Waals surface area (Å²) in [6.07, 6.45) is 6.93. The minimum atomic E-state index is -1.19. The van der Waals surface area contributed by atoms with Gasteiger partial charge in [0.2, 0.25) is 0 Å². The molecule has 9 heteroatoms. The Labute approximate surface area is 192 Å². The molecule has 0 spiro atoms. The number of aromatic nitrogens is 3. The molecule has 3 aromatic rings. The molecule has 4 rings (SSSR count). The highest BCUT2D eigenvalue weighted by atomic mass is 32.1. The molecule has 1 aliphatic heterocycles. The van der Waals surface area contributed by atoms with E-state index in [1.54, 1.807) is 17.5 Å². The van der Waals surface area contributed by atoms with Gasteiger partial charge in [0.25, 0.3) is 0 Å². The van der Waals surface area contributed by atoms with Crippen LogP contribution in [0, 0.1) is 0 Å². The van der Waals surface area contributed by atoms with Gasteiger partial charge in [0.15, 0.2) is 11.4 Å². The maximum atomic E-state index is 12.4. The first kappa shape index (κ1) is 22.8. The molecule has 0 radical (unpaired) electrons. The second-order valence-electron chi connectivity index (χ2n) is 9.56. The van der Waals surface area contributed by atoms with Crippen molar-refractivity contribution in [3.63, 3.8) is 0 Å². The third-order valence-electron chi connectivity index (χ3n) is 6.19. The lowest BCUT2D eigenvalue weighted by Gasteiger charge is -2.47. The number of pyridine rings is 1. The molecule has 0 amide bonds. The van der Waals surface area contributed by atoms with Crippen LogP contribution in [0.5, 0.6) is 0 Å². The molecule has 1 aliphatic rings. The van der Waals surface area contributed by atoms with E-state index < -0.39 is 11.6 Å². The maximum absolute atomic E-state index is 12.4. The average molecular weight is 459 g/mol. The highest BCUT2D eigenvalue weighted by Gasteiger charge is 2.50. The number of aliphatic carboxylic acids is 1. The monoisotopic (exact) mass is 458 g/mol. The second-order valence-corrected chi connectivity index (χ2v) is 10.5. The Bertz CT molecular complexity index is 1090. The first-order valence-electron chi connectivity index (χ1n) is 11.0. The SMILES string of the molecule is CCCO[C@@]1(C(=O)O)C[C@@H]([N+](C)(C)C)CN(Cc2cnn(-c3nccc4ccsc34)c2)C1. The van der Waals surface area contributed by atoms with Gasteiger partial charge in [0.1, 0.15) is 6.04 Å². The van der Waals surface area contributed by atoms with Crippen molar-refractivity contribution in [3.05, 3.63) is 41.7 Å². The number of piperidine rings is 1. The summed E-state index contributed by atoms with van der Waals surface area (Å²) in [4.78, 5) is 19.1. The van der Waals surface area contributed by atoms with Gasteiger partial charge in [-0.25, -0.2) is 14.5 Å². The predicted octanol–water partition coefficient (Wildman–Crippen LogP) is 3.01. The minimum Gasteiger partial charge on any atom is -0.479 e. The Morgan fingerprint density at radius 1 is 1.38 bits per heavy atom. The van der Waals surface area contributed by atoms with Crippen LogP contribution in [0.15, 0.2) is 36.1 Å². The molecule has 172 valence electrons. The average Bonchev–Trinajstić information content (AvgIpc) is 3.40. The molecular weight excluding hydrogens is 426 g/mol. The van der Waals surface area contributed by atoms with Crippen molar-refractivity contribution in [1.82, 2.24) is 19.7 Å². The molecule has 0 bridgehead atoms. The van der Waals surface area contributed by atoms with Crippen LogP contribution in [0.2, 0.25) is 0 Å². The van der Waals surface area contributed by atoms with Crippen LogP contribution in [-0.2, 0) is 16.1 Å². The summed E-state index contributed by atoms with van der Waals surface area (Å²) in [7, 11) is 6.35. The first-order chi connectivity index (χ1) is 15.2. The molecule has 1 saturated heterocycles. The van der Waals surface area contributed by atoms with E-state index in [2.05, 4.69) is 47.6 Å². The standard InChI is InChI=1S/C23H31N5O3S/c1-5-9-31-23(22(29)30)11-19(28(2,3)4)15-26(16-23)13-17-12-25-27(14-17)21-20-18(6-8-24-21)7-10-32-20/h6-8,10,12,14,19H,5,9,11,13,15-16H2,1-4H3/p+1/t19-,23+/m1/s1. The van der Waals surface area contributed by atoms with Gasteiger partial charge >= 0.3 is 5.97 Å². The largest absolute Gasteiger partial charge is 0.479 e. The third kappa shape index (κ3) is 4.56. The zero-order valence-electron chi connectivity index (χ0n) is 19.2. The van der Waals surface area contributed by atoms with Gasteiger partial charge in [0, 0.05) is 44.1 Å². The van der Waals surface area contributed by atoms with Gasteiger partial charge in [-0.1, -0.05) is 6.92 Å². The number of carboxylic acid groups (broad SMARTS) is 1. The molecule has 0 saturated carbocycles. The zero-order valence-corrected chi connectivity index (χ0v) is 20.0. The highest BCUT2D eigenvalue weighted by Crippen LogP contribution is 2.31. The number of ether oxygens (including phenoxy) is 1. The lowest BCUT2D eigenvalue weighted by Crippen LogP contribution is -2.64. The van der Waals surface area contributed by atoms with Crippen molar-refractivity contribution in [2.24, 2.45) is 0 Å². The second kappa shape index (κ2) is 8.90. The van der Waals surface area contributed by atoms with Gasteiger partial charge < -0.3 is 14.3 Å². The molecule has 8 nitrogen and oxygen atoms in total. The van der Waals surface area contributed by atoms with Gasteiger partial charge in [-0.15, -0.1) is 11.3 Å². The number of hydrogen-bond acceptors (Lipinski definition) is 6. The van der Waals surface area contributed by atoms with Gasteiger partial charge in [-0.05, 0) is 29.3 Å². The summed E-state index contributed by atoms with van der Waals surface area (Å²) in [5.74, 6) is -0.0591. The number of likely N-dealkylation sites (tertiary alicyclic amines) is 1. The molecule has 32 heavy (non-hydrogen) atoms. The van der Waals surface area contributed by atoms with Crippen LogP contribution in [0.1, 0.15) is 25.3 Å². The van der Waals surface area contributed by atoms with Crippen molar-refractivity contribution < 1.29 is 19.1 Å². The normalized spacial score (nSPS) is 22.4. The lowest BCUT2D eigenvalue weighted by molar-refractivity contribution is -0.897. The minimum absolute atomic E-state index is 0.147. The van der Waals surface area contributed by atoms with Crippen molar-refractivity contribution in [2.75, 3.05) is 40.8 Å². The van der Waals surface area contributed by atoms with Crippen LogP contribution in [-0.4, -0.2) is 87.7 Å². The maximum Gasteiger partial charge on any atom is 0.337 e. The molecule has 0 aromatic carbocycles. The summed E-state index contributed by atoms with van der Waals surface area (Å²) >= 11 is 1.65. The fraction of sp³-hybridized carbons (Fsp3) is 0.522. The van der Waals surface area contributed by atoms with E-state index in [1.165, 1.54) is 0 Å². The number of hydrogen-bond donors (Lipinski definition) is 1. The highest BCUT2D eigenvalue weighted by molar-refractivity contribution is 7.17. The van der Waals surface area contributed by atoms with Crippen molar-refractivity contribution in [1.29, 1.82) is 0 Å². The van der Waals surface area contributed by atoms with E-state index in [0.717, 1.165) is 34.4 Å². The molecule has 2 atom stereocenters. The van der Waals surface area contributed by atoms with Gasteiger partial charge in [0.05, 0.1) is 38.6 Å². The molecule has 4 heterocycles. The van der Waals surface area contributed by atoms with Crippen LogP contribution in [0.25, 0.3) is 15.9 Å². The fourth-order valence-corrected chi connectivity index (χ4v) is 5.22. The van der Waals surface area contributed by atoms with E-state index in [0.29, 0.717) is 30.6 Å². The molecule has 1 N–H and O–H groups in total. The van der Waals surface area contributed by atoms with Gasteiger partial charge in [-0.2, -0.15) is 5.10 Å². The number of rotatable bonds is 8. The fourth-order valence-electron chi connectivity index (χ4n) is 4.35. The van der Waals surface area contributed by atoms with Crippen LogP contribution in [0.3, 0.4) is 0 Å². The Morgan fingerprint density at radius 2 is 2.19 bits per heavy atom. The van der Waals surface area contributed by atoms with E-state index >= 15 is 0 Å². The first-order valence-corrected chi connectivity index (χ1v) is 11.9. The Hall–Kier alpha value is -2.33. The predicted molar refractivity (Wildman–Crippen MR) is 125 cm³/mol. The topological polar surface area (TPSA) is 80.5 Å². The number of carboxylic acids is 1.